The van der Waals surface area contributed by atoms with E-state index in [1.807, 2.05) is 30.3 Å². The van der Waals surface area contributed by atoms with Crippen LogP contribution in [0.4, 0.5) is 0 Å². The molecule has 2 N–H and O–H groups in total. The standard InChI is InChI=1S/C13H15N3O/c14-7-4-8-17-12-9-15-13(16-10-12)11-5-2-1-3-6-11/h1-3,5-6,9-10H,4,7-8,14H2. The van der Waals surface area contributed by atoms with Crippen LogP contribution in [0.3, 0.4) is 0 Å². The molecule has 0 radical (unpaired) electrons. The quantitative estimate of drug-likeness (QED) is 0.795. The zero-order valence-corrected chi connectivity index (χ0v) is 9.54. The average molecular weight is 229 g/mol. The summed E-state index contributed by atoms with van der Waals surface area (Å²) in [5.74, 6) is 1.38. The molecule has 17 heavy (non-hydrogen) atoms. The fourth-order valence-electron chi connectivity index (χ4n) is 1.40. The number of aromatic nitrogens is 2. The monoisotopic (exact) mass is 229 g/mol. The maximum atomic E-state index is 5.43. The molecule has 0 atom stereocenters. The van der Waals surface area contributed by atoms with Gasteiger partial charge in [0.15, 0.2) is 11.6 Å². The normalized spacial score (nSPS) is 10.2. The molecule has 1 heterocycles. The lowest BCUT2D eigenvalue weighted by Gasteiger charge is -2.05. The average Bonchev–Trinajstić information content (AvgIpc) is 2.41. The Morgan fingerprint density at radius 2 is 1.76 bits per heavy atom. The Morgan fingerprint density at radius 1 is 1.06 bits per heavy atom. The van der Waals surface area contributed by atoms with E-state index in [1.165, 1.54) is 0 Å². The van der Waals surface area contributed by atoms with Crippen molar-refractivity contribution in [2.75, 3.05) is 13.2 Å². The van der Waals surface area contributed by atoms with Gasteiger partial charge in [-0.2, -0.15) is 0 Å². The van der Waals surface area contributed by atoms with Crippen LogP contribution in [0.2, 0.25) is 0 Å². The van der Waals surface area contributed by atoms with Gasteiger partial charge in [0.05, 0.1) is 19.0 Å². The summed E-state index contributed by atoms with van der Waals surface area (Å²) in [5, 5.41) is 0. The lowest BCUT2D eigenvalue weighted by atomic mass is 10.2. The van der Waals surface area contributed by atoms with Gasteiger partial charge in [-0.3, -0.25) is 0 Å². The third-order valence-corrected chi connectivity index (χ3v) is 2.28. The second-order valence-electron chi connectivity index (χ2n) is 3.60. The van der Waals surface area contributed by atoms with Crippen molar-refractivity contribution in [3.05, 3.63) is 42.7 Å². The van der Waals surface area contributed by atoms with Gasteiger partial charge in [0.2, 0.25) is 0 Å². The van der Waals surface area contributed by atoms with Gasteiger partial charge in [-0.25, -0.2) is 9.97 Å². The zero-order chi connectivity index (χ0) is 11.9. The summed E-state index contributed by atoms with van der Waals surface area (Å²) < 4.78 is 5.43. The molecule has 0 unspecified atom stereocenters. The fraction of sp³-hybridized carbons (Fsp3) is 0.231. The summed E-state index contributed by atoms with van der Waals surface area (Å²) in [5.41, 5.74) is 6.38. The summed E-state index contributed by atoms with van der Waals surface area (Å²) in [7, 11) is 0. The van der Waals surface area contributed by atoms with Crippen LogP contribution < -0.4 is 10.5 Å². The Labute approximate surface area is 100 Å². The third-order valence-electron chi connectivity index (χ3n) is 2.28. The van der Waals surface area contributed by atoms with E-state index >= 15 is 0 Å². The molecular formula is C13H15N3O. The number of nitrogens with zero attached hydrogens (tertiary/aromatic N) is 2. The number of rotatable bonds is 5. The molecule has 4 heteroatoms. The highest BCUT2D eigenvalue weighted by atomic mass is 16.5. The summed E-state index contributed by atoms with van der Waals surface area (Å²) in [4.78, 5) is 8.52. The lowest BCUT2D eigenvalue weighted by Crippen LogP contribution is -2.06. The number of hydrogen-bond donors (Lipinski definition) is 1. The molecule has 0 aliphatic carbocycles. The number of benzene rings is 1. The van der Waals surface area contributed by atoms with Crippen LogP contribution in [0.1, 0.15) is 6.42 Å². The number of ether oxygens (including phenoxy) is 1. The SMILES string of the molecule is NCCCOc1cnc(-c2ccccc2)nc1. The van der Waals surface area contributed by atoms with Crippen molar-refractivity contribution in [2.45, 2.75) is 6.42 Å². The smallest absolute Gasteiger partial charge is 0.159 e. The topological polar surface area (TPSA) is 61.0 Å². The van der Waals surface area contributed by atoms with Crippen molar-refractivity contribution in [1.29, 1.82) is 0 Å². The summed E-state index contributed by atoms with van der Waals surface area (Å²) in [6.45, 7) is 1.23. The van der Waals surface area contributed by atoms with Gasteiger partial charge >= 0.3 is 0 Å². The second-order valence-corrected chi connectivity index (χ2v) is 3.60. The first kappa shape index (κ1) is 11.5. The van der Waals surface area contributed by atoms with Gasteiger partial charge in [0.1, 0.15) is 0 Å². The van der Waals surface area contributed by atoms with E-state index in [0.717, 1.165) is 12.0 Å². The first-order chi connectivity index (χ1) is 8.40. The van der Waals surface area contributed by atoms with E-state index in [1.54, 1.807) is 12.4 Å². The minimum absolute atomic E-state index is 0.602. The van der Waals surface area contributed by atoms with Crippen molar-refractivity contribution in [2.24, 2.45) is 5.73 Å². The Morgan fingerprint density at radius 3 is 2.41 bits per heavy atom. The van der Waals surface area contributed by atoms with Crippen LogP contribution in [0.5, 0.6) is 5.75 Å². The largest absolute Gasteiger partial charge is 0.490 e. The highest BCUT2D eigenvalue weighted by Gasteiger charge is 2.00. The van der Waals surface area contributed by atoms with E-state index in [0.29, 0.717) is 24.7 Å². The van der Waals surface area contributed by atoms with Gasteiger partial charge < -0.3 is 10.5 Å². The Kier molecular flexibility index (Phi) is 4.05. The molecule has 1 aromatic heterocycles. The van der Waals surface area contributed by atoms with Crippen molar-refractivity contribution in [3.8, 4) is 17.1 Å². The van der Waals surface area contributed by atoms with Gasteiger partial charge in [-0.1, -0.05) is 30.3 Å². The zero-order valence-electron chi connectivity index (χ0n) is 9.54. The highest BCUT2D eigenvalue weighted by molar-refractivity contribution is 5.54. The van der Waals surface area contributed by atoms with Crippen LogP contribution in [0.25, 0.3) is 11.4 Å². The van der Waals surface area contributed by atoms with Crippen LogP contribution in [0.15, 0.2) is 42.7 Å². The van der Waals surface area contributed by atoms with Crippen molar-refractivity contribution >= 4 is 0 Å². The van der Waals surface area contributed by atoms with Gasteiger partial charge in [-0.05, 0) is 13.0 Å². The molecule has 0 aliphatic heterocycles. The van der Waals surface area contributed by atoms with Gasteiger partial charge in [0.25, 0.3) is 0 Å². The van der Waals surface area contributed by atoms with Crippen molar-refractivity contribution in [1.82, 2.24) is 9.97 Å². The van der Waals surface area contributed by atoms with E-state index in [4.69, 9.17) is 10.5 Å². The van der Waals surface area contributed by atoms with E-state index in [-0.39, 0.29) is 0 Å². The third kappa shape index (κ3) is 3.26. The highest BCUT2D eigenvalue weighted by Crippen LogP contribution is 2.15. The molecule has 0 amide bonds. The lowest BCUT2D eigenvalue weighted by molar-refractivity contribution is 0.311. The Balaban J connectivity index is 2.03. The van der Waals surface area contributed by atoms with Gasteiger partial charge in [-0.15, -0.1) is 0 Å². The molecule has 2 rings (SSSR count). The molecule has 2 aromatic rings. The van der Waals surface area contributed by atoms with Crippen LogP contribution in [0, 0.1) is 0 Å². The molecular weight excluding hydrogens is 214 g/mol. The Bertz CT molecular complexity index is 442. The molecule has 4 nitrogen and oxygen atoms in total. The predicted octanol–water partition coefficient (Wildman–Crippen LogP) is 1.87. The first-order valence-corrected chi connectivity index (χ1v) is 5.60. The molecule has 0 bridgehead atoms. The summed E-state index contributed by atoms with van der Waals surface area (Å²) >= 11 is 0. The fourth-order valence-corrected chi connectivity index (χ4v) is 1.40. The maximum absolute atomic E-state index is 5.43. The molecule has 0 saturated carbocycles. The predicted molar refractivity (Wildman–Crippen MR) is 66.6 cm³/mol. The van der Waals surface area contributed by atoms with Crippen LogP contribution >= 0.6 is 0 Å². The van der Waals surface area contributed by atoms with Crippen molar-refractivity contribution < 1.29 is 4.74 Å². The minimum atomic E-state index is 0.602. The molecule has 0 fully saturated rings. The molecule has 0 saturated heterocycles. The number of nitrogens with two attached hydrogens (primary N) is 1. The number of hydrogen-bond acceptors (Lipinski definition) is 4. The first-order valence-electron chi connectivity index (χ1n) is 5.60. The Hall–Kier alpha value is -1.94. The van der Waals surface area contributed by atoms with Crippen LogP contribution in [-0.2, 0) is 0 Å². The molecule has 88 valence electrons. The molecule has 0 spiro atoms. The van der Waals surface area contributed by atoms with E-state index in [9.17, 15) is 0 Å². The van der Waals surface area contributed by atoms with E-state index in [2.05, 4.69) is 9.97 Å². The molecule has 0 aliphatic rings. The van der Waals surface area contributed by atoms with Crippen LogP contribution in [-0.4, -0.2) is 23.1 Å². The summed E-state index contributed by atoms with van der Waals surface area (Å²) in [6, 6.07) is 9.84. The summed E-state index contributed by atoms with van der Waals surface area (Å²) in [6.07, 6.45) is 4.21. The van der Waals surface area contributed by atoms with E-state index < -0.39 is 0 Å². The second kappa shape index (κ2) is 5.96. The van der Waals surface area contributed by atoms with Crippen molar-refractivity contribution in [3.63, 3.8) is 0 Å². The van der Waals surface area contributed by atoms with Gasteiger partial charge in [0, 0.05) is 5.56 Å². The minimum Gasteiger partial charge on any atom is -0.490 e. The maximum Gasteiger partial charge on any atom is 0.159 e. The molecule has 1 aromatic carbocycles.